The number of rotatable bonds is 4. The molecule has 28 heavy (non-hydrogen) atoms. The Labute approximate surface area is 161 Å². The van der Waals surface area contributed by atoms with Gasteiger partial charge in [-0.25, -0.2) is 4.98 Å². The van der Waals surface area contributed by atoms with E-state index in [2.05, 4.69) is 9.97 Å². The van der Waals surface area contributed by atoms with Crippen LogP contribution in [0.5, 0.6) is 5.75 Å². The van der Waals surface area contributed by atoms with Gasteiger partial charge in [-0.3, -0.25) is 14.6 Å². The van der Waals surface area contributed by atoms with E-state index in [1.165, 1.54) is 6.20 Å². The van der Waals surface area contributed by atoms with Gasteiger partial charge in [-0.15, -0.1) is 0 Å². The lowest BCUT2D eigenvalue weighted by atomic mass is 10.1. The number of ether oxygens (including phenoxy) is 1. The Bertz CT molecular complexity index is 1130. The number of carbonyl (C=O) groups excluding carboxylic acids is 1. The fraction of sp³-hybridized carbons (Fsp3) is 0.333. The van der Waals surface area contributed by atoms with E-state index < -0.39 is 0 Å². The molecule has 2 aromatic heterocycles. The maximum Gasteiger partial charge on any atom is 0.274 e. The fourth-order valence-corrected chi connectivity index (χ4v) is 3.64. The Morgan fingerprint density at radius 2 is 1.89 bits per heavy atom. The highest BCUT2D eigenvalue weighted by Gasteiger charge is 2.34. The maximum absolute atomic E-state index is 12.6. The van der Waals surface area contributed by atoms with Crippen LogP contribution in [0.3, 0.4) is 0 Å². The number of nitrogens with zero attached hydrogens (tertiary/aromatic N) is 4. The SMILES string of the molecule is Cc1cc(OC2CN(C(=O)c3cnc4ccccc4n3)C2)cc(=O)n1C1CC1. The number of hydrogen-bond donors (Lipinski definition) is 0. The first kappa shape index (κ1) is 16.9. The minimum atomic E-state index is -0.154. The number of benzene rings is 1. The second-order valence-electron chi connectivity index (χ2n) is 7.47. The summed E-state index contributed by atoms with van der Waals surface area (Å²) in [6.07, 6.45) is 3.53. The highest BCUT2D eigenvalue weighted by atomic mass is 16.5. The number of aromatic nitrogens is 3. The van der Waals surface area contributed by atoms with Crippen molar-refractivity contribution in [2.24, 2.45) is 0 Å². The van der Waals surface area contributed by atoms with E-state index in [9.17, 15) is 9.59 Å². The summed E-state index contributed by atoms with van der Waals surface area (Å²) in [4.78, 5) is 35.3. The summed E-state index contributed by atoms with van der Waals surface area (Å²) < 4.78 is 7.75. The predicted octanol–water partition coefficient (Wildman–Crippen LogP) is 2.34. The average molecular weight is 376 g/mol. The van der Waals surface area contributed by atoms with E-state index in [4.69, 9.17) is 4.74 Å². The van der Waals surface area contributed by atoms with Gasteiger partial charge >= 0.3 is 0 Å². The molecule has 1 aliphatic carbocycles. The van der Waals surface area contributed by atoms with Crippen LogP contribution in [0.1, 0.15) is 35.1 Å². The molecule has 3 aromatic rings. The molecule has 3 heterocycles. The highest BCUT2D eigenvalue weighted by Crippen LogP contribution is 2.35. The Morgan fingerprint density at radius 1 is 1.14 bits per heavy atom. The molecular formula is C21H20N4O3. The van der Waals surface area contributed by atoms with Gasteiger partial charge in [-0.2, -0.15) is 0 Å². The van der Waals surface area contributed by atoms with Gasteiger partial charge in [-0.05, 0) is 38.0 Å². The van der Waals surface area contributed by atoms with Crippen molar-refractivity contribution in [1.29, 1.82) is 0 Å². The molecule has 0 bridgehead atoms. The number of aryl methyl sites for hydroxylation is 1. The molecule has 5 rings (SSSR count). The minimum Gasteiger partial charge on any atom is -0.486 e. The molecule has 1 aromatic carbocycles. The first-order valence-electron chi connectivity index (χ1n) is 9.49. The summed E-state index contributed by atoms with van der Waals surface area (Å²) in [5.41, 5.74) is 2.70. The number of para-hydroxylation sites is 2. The van der Waals surface area contributed by atoms with Crippen LogP contribution < -0.4 is 10.3 Å². The van der Waals surface area contributed by atoms with Crippen molar-refractivity contribution in [2.45, 2.75) is 31.9 Å². The van der Waals surface area contributed by atoms with Crippen LogP contribution in [-0.4, -0.2) is 44.5 Å². The molecule has 0 atom stereocenters. The van der Waals surface area contributed by atoms with Crippen molar-refractivity contribution >= 4 is 16.9 Å². The molecular weight excluding hydrogens is 356 g/mol. The molecule has 7 heteroatoms. The summed E-state index contributed by atoms with van der Waals surface area (Å²) in [7, 11) is 0. The monoisotopic (exact) mass is 376 g/mol. The Morgan fingerprint density at radius 3 is 2.61 bits per heavy atom. The standard InChI is InChI=1S/C21H20N4O3/c1-13-8-15(9-20(26)25(13)14-6-7-14)28-16-11-24(12-16)21(27)19-10-22-17-4-2-3-5-18(17)23-19/h2-5,8-10,14,16H,6-7,11-12H2,1H3. The average Bonchev–Trinajstić information content (AvgIpc) is 3.48. The van der Waals surface area contributed by atoms with Crippen LogP contribution >= 0.6 is 0 Å². The maximum atomic E-state index is 12.6. The zero-order valence-corrected chi connectivity index (χ0v) is 15.5. The van der Waals surface area contributed by atoms with Crippen LogP contribution in [-0.2, 0) is 0 Å². The smallest absolute Gasteiger partial charge is 0.274 e. The number of hydrogen-bond acceptors (Lipinski definition) is 5. The normalized spacial score (nSPS) is 16.8. The first-order valence-corrected chi connectivity index (χ1v) is 9.49. The van der Waals surface area contributed by atoms with Crippen molar-refractivity contribution < 1.29 is 9.53 Å². The number of pyridine rings is 1. The van der Waals surface area contributed by atoms with Crippen LogP contribution in [0.15, 0.2) is 47.4 Å². The van der Waals surface area contributed by atoms with E-state index in [0.29, 0.717) is 36.1 Å². The fourth-order valence-electron chi connectivity index (χ4n) is 3.64. The third-order valence-electron chi connectivity index (χ3n) is 5.25. The van der Waals surface area contributed by atoms with Gasteiger partial charge in [-0.1, -0.05) is 12.1 Å². The molecule has 1 aliphatic heterocycles. The van der Waals surface area contributed by atoms with E-state index in [1.54, 1.807) is 11.0 Å². The lowest BCUT2D eigenvalue weighted by Gasteiger charge is -2.38. The lowest BCUT2D eigenvalue weighted by molar-refractivity contribution is 0.0172. The minimum absolute atomic E-state index is 0.0174. The van der Waals surface area contributed by atoms with Gasteiger partial charge in [0, 0.05) is 17.8 Å². The van der Waals surface area contributed by atoms with Gasteiger partial charge in [0.2, 0.25) is 0 Å². The van der Waals surface area contributed by atoms with E-state index in [1.807, 2.05) is 41.8 Å². The van der Waals surface area contributed by atoms with Crippen LogP contribution in [0.4, 0.5) is 0 Å². The molecule has 2 fully saturated rings. The Hall–Kier alpha value is -3.22. The second kappa shape index (κ2) is 6.44. The number of carbonyl (C=O) groups is 1. The largest absolute Gasteiger partial charge is 0.486 e. The molecule has 1 saturated carbocycles. The molecule has 1 amide bonds. The predicted molar refractivity (Wildman–Crippen MR) is 104 cm³/mol. The molecule has 0 spiro atoms. The third-order valence-corrected chi connectivity index (χ3v) is 5.25. The molecule has 0 unspecified atom stereocenters. The summed E-state index contributed by atoms with van der Waals surface area (Å²) >= 11 is 0. The molecule has 0 N–H and O–H groups in total. The van der Waals surface area contributed by atoms with E-state index >= 15 is 0 Å². The van der Waals surface area contributed by atoms with E-state index in [-0.39, 0.29) is 17.6 Å². The van der Waals surface area contributed by atoms with E-state index in [0.717, 1.165) is 24.1 Å². The summed E-state index contributed by atoms with van der Waals surface area (Å²) in [6, 6.07) is 11.3. The van der Waals surface area contributed by atoms with Crippen molar-refractivity contribution in [3.63, 3.8) is 0 Å². The van der Waals surface area contributed by atoms with Crippen LogP contribution in [0, 0.1) is 6.92 Å². The van der Waals surface area contributed by atoms with Gasteiger partial charge in [0.25, 0.3) is 11.5 Å². The number of amides is 1. The quantitative estimate of drug-likeness (QED) is 0.698. The van der Waals surface area contributed by atoms with Gasteiger partial charge in [0.05, 0.1) is 30.3 Å². The summed E-state index contributed by atoms with van der Waals surface area (Å²) in [5, 5.41) is 0. The second-order valence-corrected chi connectivity index (χ2v) is 7.47. The highest BCUT2D eigenvalue weighted by molar-refractivity contribution is 5.94. The summed E-state index contributed by atoms with van der Waals surface area (Å²) in [5.74, 6) is 0.417. The molecule has 1 saturated heterocycles. The van der Waals surface area contributed by atoms with Crippen LogP contribution in [0.25, 0.3) is 11.0 Å². The first-order chi connectivity index (χ1) is 13.6. The molecule has 7 nitrogen and oxygen atoms in total. The van der Waals surface area contributed by atoms with Crippen LogP contribution in [0.2, 0.25) is 0 Å². The van der Waals surface area contributed by atoms with Crippen molar-refractivity contribution in [2.75, 3.05) is 13.1 Å². The van der Waals surface area contributed by atoms with Crippen molar-refractivity contribution in [3.05, 3.63) is 64.3 Å². The Kier molecular flexibility index (Phi) is 3.89. The molecule has 142 valence electrons. The summed E-state index contributed by atoms with van der Waals surface area (Å²) in [6.45, 7) is 2.87. The van der Waals surface area contributed by atoms with Crippen molar-refractivity contribution in [1.82, 2.24) is 19.4 Å². The van der Waals surface area contributed by atoms with Gasteiger partial charge < -0.3 is 14.2 Å². The third kappa shape index (κ3) is 3.02. The zero-order chi connectivity index (χ0) is 19.3. The number of fused-ring (bicyclic) bond motifs is 1. The topological polar surface area (TPSA) is 77.3 Å². The Balaban J connectivity index is 1.24. The van der Waals surface area contributed by atoms with Crippen molar-refractivity contribution in [3.8, 4) is 5.75 Å². The van der Waals surface area contributed by atoms with Gasteiger partial charge in [0.1, 0.15) is 17.5 Å². The lowest BCUT2D eigenvalue weighted by Crippen LogP contribution is -2.56. The van der Waals surface area contributed by atoms with Gasteiger partial charge in [0.15, 0.2) is 0 Å². The zero-order valence-electron chi connectivity index (χ0n) is 15.5. The number of likely N-dealkylation sites (tertiary alicyclic amines) is 1. The molecule has 0 radical (unpaired) electrons. The molecule has 2 aliphatic rings.